The highest BCUT2D eigenvalue weighted by Crippen LogP contribution is 2.24. The fourth-order valence-corrected chi connectivity index (χ4v) is 2.81. The molecule has 0 saturated carbocycles. The highest BCUT2D eigenvalue weighted by atomic mass is 19.1. The van der Waals surface area contributed by atoms with Crippen LogP contribution >= 0.6 is 0 Å². The average molecular weight is 350 g/mol. The molecule has 0 saturated heterocycles. The van der Waals surface area contributed by atoms with E-state index in [4.69, 9.17) is 0 Å². The van der Waals surface area contributed by atoms with Gasteiger partial charge in [-0.3, -0.25) is 0 Å². The van der Waals surface area contributed by atoms with Gasteiger partial charge in [0.2, 0.25) is 5.95 Å². The van der Waals surface area contributed by atoms with Crippen molar-refractivity contribution in [3.05, 3.63) is 77.2 Å². The SMILES string of the molecule is CCc1cccc(C)c1Nc1ccnc(NCCc2ccc(F)cc2)n1. The number of hydrogen-bond donors (Lipinski definition) is 2. The van der Waals surface area contributed by atoms with Gasteiger partial charge in [0.05, 0.1) is 0 Å². The third kappa shape index (κ3) is 4.57. The van der Waals surface area contributed by atoms with E-state index >= 15 is 0 Å². The molecule has 3 rings (SSSR count). The zero-order valence-electron chi connectivity index (χ0n) is 15.1. The first-order valence-electron chi connectivity index (χ1n) is 8.82. The van der Waals surface area contributed by atoms with Crippen LogP contribution in [0.15, 0.2) is 54.7 Å². The Morgan fingerprint density at radius 1 is 1.04 bits per heavy atom. The molecular weight excluding hydrogens is 327 g/mol. The number of para-hydroxylation sites is 1. The third-order valence-electron chi connectivity index (χ3n) is 4.26. The first-order valence-corrected chi connectivity index (χ1v) is 8.82. The monoisotopic (exact) mass is 350 g/mol. The van der Waals surface area contributed by atoms with Crippen molar-refractivity contribution in [1.82, 2.24) is 9.97 Å². The van der Waals surface area contributed by atoms with Gasteiger partial charge in [-0.15, -0.1) is 0 Å². The van der Waals surface area contributed by atoms with E-state index in [1.54, 1.807) is 18.3 Å². The standard InChI is InChI=1S/C21H23FN4/c1-3-17-6-4-5-15(2)20(17)25-19-12-14-24-21(26-19)23-13-11-16-7-9-18(22)10-8-16/h4-10,12,14H,3,11,13H2,1-2H3,(H2,23,24,25,26). The van der Waals surface area contributed by atoms with Gasteiger partial charge in [0, 0.05) is 18.4 Å². The number of aromatic nitrogens is 2. The number of nitrogens with one attached hydrogen (secondary N) is 2. The largest absolute Gasteiger partial charge is 0.354 e. The van der Waals surface area contributed by atoms with Gasteiger partial charge in [0.15, 0.2) is 0 Å². The van der Waals surface area contributed by atoms with Crippen LogP contribution < -0.4 is 10.6 Å². The van der Waals surface area contributed by atoms with E-state index in [0.29, 0.717) is 12.5 Å². The number of aryl methyl sites for hydroxylation is 2. The van der Waals surface area contributed by atoms with Crippen LogP contribution in [0.25, 0.3) is 0 Å². The molecule has 0 amide bonds. The third-order valence-corrected chi connectivity index (χ3v) is 4.26. The molecule has 0 spiro atoms. The van der Waals surface area contributed by atoms with Crippen molar-refractivity contribution in [2.75, 3.05) is 17.2 Å². The summed E-state index contributed by atoms with van der Waals surface area (Å²) in [5, 5.41) is 6.63. The Kier molecular flexibility index (Phi) is 5.79. The quantitative estimate of drug-likeness (QED) is 0.637. The molecule has 2 N–H and O–H groups in total. The van der Waals surface area contributed by atoms with E-state index in [2.05, 4.69) is 52.6 Å². The van der Waals surface area contributed by atoms with Crippen molar-refractivity contribution >= 4 is 17.5 Å². The molecule has 0 aliphatic carbocycles. The van der Waals surface area contributed by atoms with Gasteiger partial charge in [0.25, 0.3) is 0 Å². The van der Waals surface area contributed by atoms with Crippen LogP contribution in [0.3, 0.4) is 0 Å². The van der Waals surface area contributed by atoms with E-state index in [-0.39, 0.29) is 5.82 Å². The minimum absolute atomic E-state index is 0.216. The van der Waals surface area contributed by atoms with Gasteiger partial charge in [-0.05, 0) is 54.7 Å². The second kappa shape index (κ2) is 8.43. The van der Waals surface area contributed by atoms with E-state index in [1.165, 1.54) is 23.3 Å². The lowest BCUT2D eigenvalue weighted by atomic mass is 10.1. The number of halogens is 1. The molecule has 26 heavy (non-hydrogen) atoms. The Labute approximate surface area is 153 Å². The molecule has 4 nitrogen and oxygen atoms in total. The molecule has 0 atom stereocenters. The molecule has 0 aliphatic heterocycles. The molecule has 0 fully saturated rings. The molecule has 5 heteroatoms. The molecule has 3 aromatic rings. The zero-order valence-corrected chi connectivity index (χ0v) is 15.1. The lowest BCUT2D eigenvalue weighted by Crippen LogP contribution is -2.09. The lowest BCUT2D eigenvalue weighted by molar-refractivity contribution is 0.627. The maximum absolute atomic E-state index is 12.9. The predicted octanol–water partition coefficient (Wildman–Crippen LogP) is 4.88. The van der Waals surface area contributed by atoms with Crippen LogP contribution in [0.5, 0.6) is 0 Å². The van der Waals surface area contributed by atoms with E-state index in [0.717, 1.165) is 29.9 Å². The van der Waals surface area contributed by atoms with Gasteiger partial charge in [0.1, 0.15) is 11.6 Å². The number of rotatable bonds is 7. The van der Waals surface area contributed by atoms with Crippen LogP contribution in [0.1, 0.15) is 23.6 Å². The Hall–Kier alpha value is -2.95. The van der Waals surface area contributed by atoms with Gasteiger partial charge < -0.3 is 10.6 Å². The summed E-state index contributed by atoms with van der Waals surface area (Å²) in [6, 6.07) is 14.7. The summed E-state index contributed by atoms with van der Waals surface area (Å²) < 4.78 is 12.9. The Morgan fingerprint density at radius 2 is 1.85 bits per heavy atom. The van der Waals surface area contributed by atoms with E-state index in [1.807, 2.05) is 6.07 Å². The summed E-state index contributed by atoms with van der Waals surface area (Å²) in [4.78, 5) is 8.81. The van der Waals surface area contributed by atoms with Gasteiger partial charge in [-0.25, -0.2) is 9.37 Å². The molecule has 2 aromatic carbocycles. The van der Waals surface area contributed by atoms with Crippen molar-refractivity contribution in [2.45, 2.75) is 26.7 Å². The van der Waals surface area contributed by atoms with Crippen LogP contribution in [-0.4, -0.2) is 16.5 Å². The molecule has 0 bridgehead atoms. The number of nitrogens with zero attached hydrogens (tertiary/aromatic N) is 2. The van der Waals surface area contributed by atoms with Crippen molar-refractivity contribution < 1.29 is 4.39 Å². The summed E-state index contributed by atoms with van der Waals surface area (Å²) in [7, 11) is 0. The molecular formula is C21H23FN4. The Morgan fingerprint density at radius 3 is 2.62 bits per heavy atom. The Bertz CT molecular complexity index is 862. The molecule has 0 unspecified atom stereocenters. The first-order chi connectivity index (χ1) is 12.7. The number of benzene rings is 2. The van der Waals surface area contributed by atoms with Crippen molar-refractivity contribution in [3.8, 4) is 0 Å². The minimum atomic E-state index is -0.216. The smallest absolute Gasteiger partial charge is 0.224 e. The maximum atomic E-state index is 12.9. The predicted molar refractivity (Wildman–Crippen MR) is 104 cm³/mol. The second-order valence-corrected chi connectivity index (χ2v) is 6.16. The van der Waals surface area contributed by atoms with Gasteiger partial charge in [-0.2, -0.15) is 4.98 Å². The summed E-state index contributed by atoms with van der Waals surface area (Å²) in [5.41, 5.74) is 4.62. The highest BCUT2D eigenvalue weighted by Gasteiger charge is 2.06. The van der Waals surface area contributed by atoms with Crippen LogP contribution in [0, 0.1) is 12.7 Å². The molecule has 0 radical (unpaired) electrons. The summed E-state index contributed by atoms with van der Waals surface area (Å²) in [5.74, 6) is 1.11. The maximum Gasteiger partial charge on any atom is 0.224 e. The highest BCUT2D eigenvalue weighted by molar-refractivity contribution is 5.65. The minimum Gasteiger partial charge on any atom is -0.354 e. The lowest BCUT2D eigenvalue weighted by Gasteiger charge is -2.14. The van der Waals surface area contributed by atoms with E-state index in [9.17, 15) is 4.39 Å². The van der Waals surface area contributed by atoms with Crippen LogP contribution in [0.4, 0.5) is 21.8 Å². The second-order valence-electron chi connectivity index (χ2n) is 6.16. The summed E-state index contributed by atoms with van der Waals surface area (Å²) >= 11 is 0. The number of anilines is 3. The zero-order chi connectivity index (χ0) is 18.4. The van der Waals surface area contributed by atoms with Crippen LogP contribution in [0.2, 0.25) is 0 Å². The van der Waals surface area contributed by atoms with Gasteiger partial charge >= 0.3 is 0 Å². The topological polar surface area (TPSA) is 49.8 Å². The molecule has 1 aromatic heterocycles. The number of hydrogen-bond acceptors (Lipinski definition) is 4. The van der Waals surface area contributed by atoms with Crippen LogP contribution in [-0.2, 0) is 12.8 Å². The first kappa shape index (κ1) is 17.9. The van der Waals surface area contributed by atoms with E-state index < -0.39 is 0 Å². The van der Waals surface area contributed by atoms with Gasteiger partial charge in [-0.1, -0.05) is 37.3 Å². The fourth-order valence-electron chi connectivity index (χ4n) is 2.81. The average Bonchev–Trinajstić information content (AvgIpc) is 2.65. The normalized spacial score (nSPS) is 10.6. The molecule has 0 aliphatic rings. The Balaban J connectivity index is 1.64. The molecule has 1 heterocycles. The summed E-state index contributed by atoms with van der Waals surface area (Å²) in [6.07, 6.45) is 3.47. The van der Waals surface area contributed by atoms with Crippen molar-refractivity contribution in [1.29, 1.82) is 0 Å². The van der Waals surface area contributed by atoms with Crippen molar-refractivity contribution in [3.63, 3.8) is 0 Å². The van der Waals surface area contributed by atoms with Crippen molar-refractivity contribution in [2.24, 2.45) is 0 Å². The molecule has 134 valence electrons. The summed E-state index contributed by atoms with van der Waals surface area (Å²) in [6.45, 7) is 4.91. The fraction of sp³-hybridized carbons (Fsp3) is 0.238.